The van der Waals surface area contributed by atoms with Gasteiger partial charge < -0.3 is 0 Å². The lowest BCUT2D eigenvalue weighted by Crippen LogP contribution is -1.79. The molecule has 2 heteroatoms. The second-order valence-electron chi connectivity index (χ2n) is 3.18. The van der Waals surface area contributed by atoms with Crippen molar-refractivity contribution in [3.05, 3.63) is 46.4 Å². The van der Waals surface area contributed by atoms with E-state index < -0.39 is 0 Å². The lowest BCUT2D eigenvalue weighted by molar-refractivity contribution is 1.49. The summed E-state index contributed by atoms with van der Waals surface area (Å²) in [6.45, 7) is 0. The molecule has 2 aromatic carbocycles. The Morgan fingerprint density at radius 3 is 2.60 bits per heavy atom. The van der Waals surface area contributed by atoms with Gasteiger partial charge in [0, 0.05) is 17.6 Å². The van der Waals surface area contributed by atoms with Gasteiger partial charge in [-0.2, -0.15) is 0 Å². The molecule has 2 aromatic rings. The second kappa shape index (κ2) is 4.43. The summed E-state index contributed by atoms with van der Waals surface area (Å²) in [4.78, 5) is 3.84. The minimum Gasteiger partial charge on any atom is -0.246 e. The minimum absolute atomic E-state index is 1.11. The fourth-order valence-electron chi connectivity index (χ4n) is 1.55. The molecule has 0 aromatic heterocycles. The van der Waals surface area contributed by atoms with Gasteiger partial charge in [-0.15, -0.1) is 0 Å². The first-order valence-corrected chi connectivity index (χ1v) is 5.47. The first-order chi connectivity index (χ1) is 7.33. The van der Waals surface area contributed by atoms with Crippen molar-refractivity contribution in [1.82, 2.24) is 0 Å². The van der Waals surface area contributed by atoms with Gasteiger partial charge in [-0.3, -0.25) is 0 Å². The summed E-state index contributed by atoms with van der Waals surface area (Å²) in [5.41, 5.74) is 1.14. The van der Waals surface area contributed by atoms with Crippen LogP contribution in [0.1, 0.15) is 5.56 Å². The molecule has 0 fully saturated rings. The van der Waals surface area contributed by atoms with E-state index in [0.717, 1.165) is 10.0 Å². The van der Waals surface area contributed by atoms with Crippen molar-refractivity contribution in [3.63, 3.8) is 0 Å². The van der Waals surface area contributed by atoms with Crippen LogP contribution in [0, 0.1) is 0 Å². The average Bonchev–Trinajstić information content (AvgIpc) is 2.29. The quantitative estimate of drug-likeness (QED) is 0.689. The zero-order valence-electron chi connectivity index (χ0n) is 8.37. The molecule has 0 aliphatic carbocycles. The first-order valence-electron chi connectivity index (χ1n) is 4.68. The van der Waals surface area contributed by atoms with E-state index >= 15 is 0 Å². The van der Waals surface area contributed by atoms with Gasteiger partial charge in [-0.25, -0.2) is 4.99 Å². The van der Waals surface area contributed by atoms with Crippen LogP contribution in [0.2, 0.25) is 0 Å². The molecular formula is C13H10BrN. The normalized spacial score (nSPS) is 9.73. The minimum atomic E-state index is 1.11. The van der Waals surface area contributed by atoms with Crippen molar-refractivity contribution in [2.75, 3.05) is 7.05 Å². The van der Waals surface area contributed by atoms with Crippen LogP contribution in [-0.2, 0) is 0 Å². The van der Waals surface area contributed by atoms with Crippen molar-refractivity contribution < 1.29 is 0 Å². The summed E-state index contributed by atoms with van der Waals surface area (Å²) >= 11 is 3.54. The Bertz CT molecular complexity index is 551. The van der Waals surface area contributed by atoms with E-state index in [1.54, 1.807) is 7.05 Å². The van der Waals surface area contributed by atoms with Crippen LogP contribution >= 0.6 is 15.9 Å². The highest BCUT2D eigenvalue weighted by Crippen LogP contribution is 2.26. The first kappa shape index (κ1) is 10.2. The summed E-state index contributed by atoms with van der Waals surface area (Å²) in [7, 11) is 1.72. The van der Waals surface area contributed by atoms with Crippen LogP contribution in [0.15, 0.2) is 45.9 Å². The van der Waals surface area contributed by atoms with Crippen LogP contribution in [-0.4, -0.2) is 12.9 Å². The summed E-state index contributed by atoms with van der Waals surface area (Å²) in [6, 6.07) is 12.4. The SMILES string of the molecule is CN=C=Cc1ccc(Br)c2ccccc12. The summed E-state index contributed by atoms with van der Waals surface area (Å²) in [6.07, 6.45) is 1.90. The van der Waals surface area contributed by atoms with Gasteiger partial charge in [-0.05, 0) is 28.3 Å². The zero-order valence-corrected chi connectivity index (χ0v) is 9.95. The van der Waals surface area contributed by atoms with Crippen molar-refractivity contribution in [2.45, 2.75) is 0 Å². The predicted octanol–water partition coefficient (Wildman–Crippen LogP) is 3.92. The highest BCUT2D eigenvalue weighted by atomic mass is 79.9. The van der Waals surface area contributed by atoms with E-state index in [0.29, 0.717) is 0 Å². The average molecular weight is 260 g/mol. The zero-order chi connectivity index (χ0) is 10.7. The Balaban J connectivity index is 2.77. The number of halogens is 1. The number of nitrogens with zero attached hydrogens (tertiary/aromatic N) is 1. The third kappa shape index (κ3) is 2.01. The van der Waals surface area contributed by atoms with Gasteiger partial charge in [-0.1, -0.05) is 46.3 Å². The maximum Gasteiger partial charge on any atom is 0.0372 e. The molecular weight excluding hydrogens is 250 g/mol. The monoisotopic (exact) mass is 259 g/mol. The van der Waals surface area contributed by atoms with Gasteiger partial charge in [0.05, 0.1) is 0 Å². The molecule has 1 nitrogen and oxygen atoms in total. The number of rotatable bonds is 1. The largest absolute Gasteiger partial charge is 0.246 e. The summed E-state index contributed by atoms with van der Waals surface area (Å²) < 4.78 is 1.11. The fourth-order valence-corrected chi connectivity index (χ4v) is 2.02. The smallest absolute Gasteiger partial charge is 0.0372 e. The predicted molar refractivity (Wildman–Crippen MR) is 69.5 cm³/mol. The summed E-state index contributed by atoms with van der Waals surface area (Å²) in [5, 5.41) is 2.42. The molecule has 0 saturated carbocycles. The lowest BCUT2D eigenvalue weighted by Gasteiger charge is -2.03. The Kier molecular flexibility index (Phi) is 3.00. The van der Waals surface area contributed by atoms with E-state index in [-0.39, 0.29) is 0 Å². The standard InChI is InChI=1S/C13H10BrN/c1-15-9-8-10-6-7-13(14)12-5-3-2-4-11(10)12/h2-8H,1H3. The van der Waals surface area contributed by atoms with Crippen molar-refractivity contribution >= 4 is 38.6 Å². The molecule has 0 saturated heterocycles. The van der Waals surface area contributed by atoms with E-state index in [2.05, 4.69) is 45.0 Å². The van der Waals surface area contributed by atoms with E-state index in [1.807, 2.05) is 24.3 Å². The molecule has 0 N–H and O–H groups in total. The molecule has 74 valence electrons. The maximum atomic E-state index is 3.84. The Morgan fingerprint density at radius 2 is 1.87 bits per heavy atom. The Hall–Kier alpha value is -1.37. The van der Waals surface area contributed by atoms with Gasteiger partial charge in [0.2, 0.25) is 0 Å². The van der Waals surface area contributed by atoms with Gasteiger partial charge in [0.1, 0.15) is 0 Å². The molecule has 0 unspecified atom stereocenters. The second-order valence-corrected chi connectivity index (χ2v) is 4.03. The molecule has 15 heavy (non-hydrogen) atoms. The number of fused-ring (bicyclic) bond motifs is 1. The van der Waals surface area contributed by atoms with Gasteiger partial charge in [0.15, 0.2) is 0 Å². The van der Waals surface area contributed by atoms with E-state index in [1.165, 1.54) is 10.8 Å². The molecule has 0 heterocycles. The van der Waals surface area contributed by atoms with Crippen LogP contribution in [0.25, 0.3) is 16.8 Å². The lowest BCUT2D eigenvalue weighted by atomic mass is 10.0. The highest BCUT2D eigenvalue weighted by Gasteiger charge is 2.00. The molecule has 0 bridgehead atoms. The number of benzene rings is 2. The van der Waals surface area contributed by atoms with Crippen LogP contribution in [0.3, 0.4) is 0 Å². The molecule has 0 spiro atoms. The molecule has 0 aliphatic heterocycles. The Labute approximate surface area is 97.3 Å². The molecule has 0 atom stereocenters. The topological polar surface area (TPSA) is 12.4 Å². The molecule has 0 radical (unpaired) electrons. The number of hydrogen-bond donors (Lipinski definition) is 0. The van der Waals surface area contributed by atoms with E-state index in [9.17, 15) is 0 Å². The van der Waals surface area contributed by atoms with Crippen molar-refractivity contribution in [3.8, 4) is 0 Å². The third-order valence-corrected chi connectivity index (χ3v) is 2.95. The highest BCUT2D eigenvalue weighted by molar-refractivity contribution is 9.10. The van der Waals surface area contributed by atoms with Crippen LogP contribution in [0.4, 0.5) is 0 Å². The van der Waals surface area contributed by atoms with Crippen molar-refractivity contribution in [2.24, 2.45) is 4.99 Å². The van der Waals surface area contributed by atoms with Gasteiger partial charge >= 0.3 is 0 Å². The Morgan fingerprint density at radius 1 is 1.13 bits per heavy atom. The van der Waals surface area contributed by atoms with Gasteiger partial charge in [0.25, 0.3) is 0 Å². The van der Waals surface area contributed by atoms with Crippen LogP contribution in [0.5, 0.6) is 0 Å². The fraction of sp³-hybridized carbons (Fsp3) is 0.0769. The molecule has 0 amide bonds. The van der Waals surface area contributed by atoms with E-state index in [4.69, 9.17) is 0 Å². The molecule has 2 rings (SSSR count). The summed E-state index contributed by atoms with van der Waals surface area (Å²) in [5.74, 6) is 2.86. The number of hydrogen-bond acceptors (Lipinski definition) is 1. The van der Waals surface area contributed by atoms with Crippen molar-refractivity contribution in [1.29, 1.82) is 0 Å². The number of aliphatic imine (C=N–C) groups is 1. The van der Waals surface area contributed by atoms with Crippen LogP contribution < -0.4 is 0 Å². The third-order valence-electron chi connectivity index (χ3n) is 2.25. The molecule has 0 aliphatic rings. The maximum absolute atomic E-state index is 3.84.